The lowest BCUT2D eigenvalue weighted by atomic mass is 10.1. The van der Waals surface area contributed by atoms with Gasteiger partial charge in [0.05, 0.1) is 0 Å². The van der Waals surface area contributed by atoms with Gasteiger partial charge in [-0.2, -0.15) is 0 Å². The molecule has 15 heavy (non-hydrogen) atoms. The number of ether oxygens (including phenoxy) is 1. The van der Waals surface area contributed by atoms with Gasteiger partial charge >= 0.3 is 0 Å². The highest BCUT2D eigenvalue weighted by Gasteiger charge is 2.07. The van der Waals surface area contributed by atoms with E-state index in [0.29, 0.717) is 12.6 Å². The van der Waals surface area contributed by atoms with Gasteiger partial charge in [-0.3, -0.25) is 0 Å². The van der Waals surface area contributed by atoms with Gasteiger partial charge in [0.1, 0.15) is 12.4 Å². The van der Waals surface area contributed by atoms with Crippen molar-refractivity contribution in [3.8, 4) is 5.75 Å². The molecule has 1 unspecified atom stereocenters. The van der Waals surface area contributed by atoms with Crippen LogP contribution in [0.25, 0.3) is 0 Å². The molecular formula is C13H21NO. The molecule has 0 aromatic heterocycles. The molecule has 0 aliphatic carbocycles. The standard InChI is InChI=1S/C13H21NO/c1-9-6-7-10(2)13(12(9)4)15-8-11(3)14-5/h6-7,11,14H,8H2,1-5H3. The van der Waals surface area contributed by atoms with Crippen LogP contribution in [0, 0.1) is 20.8 Å². The van der Waals surface area contributed by atoms with E-state index in [2.05, 4.69) is 45.1 Å². The minimum Gasteiger partial charge on any atom is -0.491 e. The Hall–Kier alpha value is -1.02. The summed E-state index contributed by atoms with van der Waals surface area (Å²) in [7, 11) is 1.95. The van der Waals surface area contributed by atoms with Crippen LogP contribution in [0.1, 0.15) is 23.6 Å². The Balaban J connectivity index is 2.80. The summed E-state index contributed by atoms with van der Waals surface area (Å²) >= 11 is 0. The van der Waals surface area contributed by atoms with E-state index in [-0.39, 0.29) is 0 Å². The Morgan fingerprint density at radius 3 is 2.40 bits per heavy atom. The van der Waals surface area contributed by atoms with Crippen LogP contribution >= 0.6 is 0 Å². The Kier molecular flexibility index (Phi) is 4.15. The average Bonchev–Trinajstić information content (AvgIpc) is 2.23. The Labute approximate surface area is 92.6 Å². The van der Waals surface area contributed by atoms with Crippen LogP contribution in [0.4, 0.5) is 0 Å². The van der Waals surface area contributed by atoms with E-state index in [9.17, 15) is 0 Å². The van der Waals surface area contributed by atoms with Crippen molar-refractivity contribution in [3.63, 3.8) is 0 Å². The normalized spacial score (nSPS) is 12.6. The molecule has 0 radical (unpaired) electrons. The van der Waals surface area contributed by atoms with Crippen LogP contribution in [0.15, 0.2) is 12.1 Å². The van der Waals surface area contributed by atoms with E-state index < -0.39 is 0 Å². The summed E-state index contributed by atoms with van der Waals surface area (Å²) in [5, 5.41) is 3.16. The molecule has 2 heteroatoms. The lowest BCUT2D eigenvalue weighted by Crippen LogP contribution is -2.28. The summed E-state index contributed by atoms with van der Waals surface area (Å²) < 4.78 is 5.84. The molecule has 1 rings (SSSR count). The zero-order valence-corrected chi connectivity index (χ0v) is 10.3. The second-order valence-electron chi connectivity index (χ2n) is 4.15. The number of nitrogens with one attached hydrogen (secondary N) is 1. The van der Waals surface area contributed by atoms with Crippen molar-refractivity contribution in [3.05, 3.63) is 28.8 Å². The highest BCUT2D eigenvalue weighted by Crippen LogP contribution is 2.25. The summed E-state index contributed by atoms with van der Waals surface area (Å²) in [6, 6.07) is 4.63. The van der Waals surface area contributed by atoms with Crippen LogP contribution in [-0.2, 0) is 0 Å². The maximum atomic E-state index is 5.84. The molecule has 1 N–H and O–H groups in total. The summed E-state index contributed by atoms with van der Waals surface area (Å²) in [4.78, 5) is 0. The molecule has 0 amide bonds. The smallest absolute Gasteiger partial charge is 0.125 e. The minimum absolute atomic E-state index is 0.379. The summed E-state index contributed by atoms with van der Waals surface area (Å²) in [6.07, 6.45) is 0. The lowest BCUT2D eigenvalue weighted by molar-refractivity contribution is 0.276. The van der Waals surface area contributed by atoms with Gasteiger partial charge in [-0.05, 0) is 51.4 Å². The predicted octanol–water partition coefficient (Wildman–Crippen LogP) is 2.60. The molecule has 0 spiro atoms. The van der Waals surface area contributed by atoms with Gasteiger partial charge in [0.15, 0.2) is 0 Å². The van der Waals surface area contributed by atoms with Gasteiger partial charge in [-0.15, -0.1) is 0 Å². The molecule has 1 aromatic rings. The fourth-order valence-electron chi connectivity index (χ4n) is 1.44. The third-order valence-corrected chi connectivity index (χ3v) is 2.84. The molecular weight excluding hydrogens is 186 g/mol. The molecule has 1 atom stereocenters. The second kappa shape index (κ2) is 5.17. The molecule has 0 fully saturated rings. The topological polar surface area (TPSA) is 21.3 Å². The van der Waals surface area contributed by atoms with E-state index in [4.69, 9.17) is 4.74 Å². The van der Waals surface area contributed by atoms with Gasteiger partial charge in [-0.25, -0.2) is 0 Å². The summed E-state index contributed by atoms with van der Waals surface area (Å²) in [6.45, 7) is 9.14. The van der Waals surface area contributed by atoms with Crippen molar-refractivity contribution in [2.75, 3.05) is 13.7 Å². The second-order valence-corrected chi connectivity index (χ2v) is 4.15. The minimum atomic E-state index is 0.379. The zero-order chi connectivity index (χ0) is 11.4. The molecule has 1 aromatic carbocycles. The number of hydrogen-bond donors (Lipinski definition) is 1. The average molecular weight is 207 g/mol. The van der Waals surface area contributed by atoms with Crippen molar-refractivity contribution in [1.29, 1.82) is 0 Å². The first-order valence-corrected chi connectivity index (χ1v) is 5.43. The largest absolute Gasteiger partial charge is 0.491 e. The number of rotatable bonds is 4. The van der Waals surface area contributed by atoms with E-state index >= 15 is 0 Å². The van der Waals surface area contributed by atoms with Crippen molar-refractivity contribution in [2.45, 2.75) is 33.7 Å². The van der Waals surface area contributed by atoms with E-state index in [0.717, 1.165) is 5.75 Å². The number of aryl methyl sites for hydroxylation is 2. The van der Waals surface area contributed by atoms with Gasteiger partial charge in [-0.1, -0.05) is 12.1 Å². The highest BCUT2D eigenvalue weighted by atomic mass is 16.5. The molecule has 0 heterocycles. The molecule has 0 saturated heterocycles. The number of hydrogen-bond acceptors (Lipinski definition) is 2. The third kappa shape index (κ3) is 2.96. The summed E-state index contributed by atoms with van der Waals surface area (Å²) in [5.41, 5.74) is 3.74. The molecule has 0 aliphatic rings. The zero-order valence-electron chi connectivity index (χ0n) is 10.3. The molecule has 2 nitrogen and oxygen atoms in total. The van der Waals surface area contributed by atoms with Gasteiger partial charge in [0, 0.05) is 6.04 Å². The number of benzene rings is 1. The first-order chi connectivity index (χ1) is 7.06. The summed E-state index contributed by atoms with van der Waals surface area (Å²) in [5.74, 6) is 1.04. The van der Waals surface area contributed by atoms with E-state index in [1.54, 1.807) is 0 Å². The maximum Gasteiger partial charge on any atom is 0.125 e. The van der Waals surface area contributed by atoms with Crippen molar-refractivity contribution >= 4 is 0 Å². The van der Waals surface area contributed by atoms with E-state index in [1.807, 2.05) is 7.05 Å². The fourth-order valence-corrected chi connectivity index (χ4v) is 1.44. The van der Waals surface area contributed by atoms with Gasteiger partial charge in [0.25, 0.3) is 0 Å². The SMILES string of the molecule is CNC(C)COc1c(C)ccc(C)c1C. The van der Waals surface area contributed by atoms with Crippen molar-refractivity contribution in [2.24, 2.45) is 0 Å². The number of likely N-dealkylation sites (N-methyl/N-ethyl adjacent to an activating group) is 1. The van der Waals surface area contributed by atoms with Crippen LogP contribution in [-0.4, -0.2) is 19.7 Å². The van der Waals surface area contributed by atoms with Crippen molar-refractivity contribution < 1.29 is 4.74 Å². The first kappa shape index (κ1) is 12.1. The molecule has 0 bridgehead atoms. The van der Waals surface area contributed by atoms with Crippen LogP contribution in [0.3, 0.4) is 0 Å². The van der Waals surface area contributed by atoms with Crippen LogP contribution in [0.2, 0.25) is 0 Å². The van der Waals surface area contributed by atoms with Crippen LogP contribution < -0.4 is 10.1 Å². The molecule has 84 valence electrons. The highest BCUT2D eigenvalue weighted by molar-refractivity contribution is 5.44. The Morgan fingerprint density at radius 1 is 1.20 bits per heavy atom. The quantitative estimate of drug-likeness (QED) is 0.819. The van der Waals surface area contributed by atoms with Gasteiger partial charge in [0.2, 0.25) is 0 Å². The van der Waals surface area contributed by atoms with Gasteiger partial charge < -0.3 is 10.1 Å². The monoisotopic (exact) mass is 207 g/mol. The Bertz CT molecular complexity index is 334. The van der Waals surface area contributed by atoms with E-state index in [1.165, 1.54) is 16.7 Å². The van der Waals surface area contributed by atoms with Crippen molar-refractivity contribution in [1.82, 2.24) is 5.32 Å². The van der Waals surface area contributed by atoms with Crippen LogP contribution in [0.5, 0.6) is 5.75 Å². The Morgan fingerprint density at radius 2 is 1.80 bits per heavy atom. The predicted molar refractivity (Wildman–Crippen MR) is 64.7 cm³/mol. The lowest BCUT2D eigenvalue weighted by Gasteiger charge is -2.16. The molecule has 0 saturated carbocycles. The first-order valence-electron chi connectivity index (χ1n) is 5.43. The maximum absolute atomic E-state index is 5.84. The third-order valence-electron chi connectivity index (χ3n) is 2.84. The molecule has 0 aliphatic heterocycles. The fraction of sp³-hybridized carbons (Fsp3) is 0.538.